The molecule has 2 N–H and O–H groups in total. The first kappa shape index (κ1) is 10.2. The molecule has 0 unspecified atom stereocenters. The maximum absolute atomic E-state index is 3.25. The molecular formula is C12H17BN2. The average molecular weight is 200 g/mol. The molecule has 2 aromatic rings. The van der Waals surface area contributed by atoms with Crippen LogP contribution >= 0.6 is 0 Å². The molecule has 0 aromatic carbocycles. The van der Waals surface area contributed by atoms with Crippen molar-refractivity contribution in [3.8, 4) is 0 Å². The number of aryl methyl sites for hydroxylation is 2. The van der Waals surface area contributed by atoms with Crippen LogP contribution < -0.4 is 10.9 Å². The van der Waals surface area contributed by atoms with Gasteiger partial charge in [0, 0.05) is 23.8 Å². The molecule has 78 valence electrons. The maximum Gasteiger partial charge on any atom is 0.213 e. The van der Waals surface area contributed by atoms with Crippen LogP contribution in [0.4, 0.5) is 0 Å². The van der Waals surface area contributed by atoms with Gasteiger partial charge in [0.15, 0.2) is 0 Å². The van der Waals surface area contributed by atoms with Crippen LogP contribution in [0.5, 0.6) is 0 Å². The summed E-state index contributed by atoms with van der Waals surface area (Å²) >= 11 is 0. The smallest absolute Gasteiger partial charge is 0.213 e. The Morgan fingerprint density at radius 2 is 1.47 bits per heavy atom. The summed E-state index contributed by atoms with van der Waals surface area (Å²) in [6, 6.07) is 4.38. The van der Waals surface area contributed by atoms with E-state index in [0.29, 0.717) is 6.71 Å². The third kappa shape index (κ3) is 1.74. The predicted molar refractivity (Wildman–Crippen MR) is 66.6 cm³/mol. The molecule has 0 bridgehead atoms. The molecule has 0 amide bonds. The number of hydrogen-bond acceptors (Lipinski definition) is 0. The Bertz CT molecular complexity index is 402. The summed E-state index contributed by atoms with van der Waals surface area (Å²) in [6.45, 7) is 7.03. The van der Waals surface area contributed by atoms with Gasteiger partial charge in [0.25, 0.3) is 0 Å². The van der Waals surface area contributed by atoms with Gasteiger partial charge >= 0.3 is 0 Å². The Morgan fingerprint density at radius 3 is 1.73 bits per heavy atom. The van der Waals surface area contributed by atoms with E-state index < -0.39 is 0 Å². The highest BCUT2D eigenvalue weighted by molar-refractivity contribution is 6.85. The summed E-state index contributed by atoms with van der Waals surface area (Å²) in [5.74, 6) is 0. The molecule has 0 spiro atoms. The highest BCUT2D eigenvalue weighted by Gasteiger charge is 2.21. The van der Waals surface area contributed by atoms with E-state index in [1.54, 1.807) is 0 Å². The minimum Gasteiger partial charge on any atom is -0.366 e. The zero-order valence-corrected chi connectivity index (χ0v) is 9.59. The van der Waals surface area contributed by atoms with E-state index in [1.165, 1.54) is 22.3 Å². The van der Waals surface area contributed by atoms with E-state index in [9.17, 15) is 0 Å². The van der Waals surface area contributed by atoms with Crippen molar-refractivity contribution in [1.29, 1.82) is 0 Å². The summed E-state index contributed by atoms with van der Waals surface area (Å²) in [7, 11) is 0. The number of nitrogens with one attached hydrogen (secondary N) is 2. The molecule has 0 aliphatic heterocycles. The van der Waals surface area contributed by atoms with E-state index in [-0.39, 0.29) is 0 Å². The van der Waals surface area contributed by atoms with Gasteiger partial charge in [-0.25, -0.2) is 0 Å². The fourth-order valence-corrected chi connectivity index (χ4v) is 2.29. The fraction of sp³-hybridized carbons (Fsp3) is 0.333. The van der Waals surface area contributed by atoms with Crippen LogP contribution in [0.15, 0.2) is 24.5 Å². The Hall–Kier alpha value is -1.38. The average Bonchev–Trinajstić information content (AvgIpc) is 2.80. The van der Waals surface area contributed by atoms with Crippen molar-refractivity contribution in [2.45, 2.75) is 27.1 Å². The number of aromatic amines is 2. The van der Waals surface area contributed by atoms with Crippen molar-refractivity contribution in [3.63, 3.8) is 0 Å². The normalized spacial score (nSPS) is 10.6. The van der Waals surface area contributed by atoms with Gasteiger partial charge in [0.2, 0.25) is 6.71 Å². The second-order valence-electron chi connectivity index (χ2n) is 4.08. The molecule has 0 saturated carbocycles. The largest absolute Gasteiger partial charge is 0.366 e. The summed E-state index contributed by atoms with van der Waals surface area (Å²) in [5.41, 5.74) is 5.39. The Kier molecular flexibility index (Phi) is 2.71. The van der Waals surface area contributed by atoms with E-state index in [4.69, 9.17) is 0 Å². The zero-order valence-electron chi connectivity index (χ0n) is 9.59. The van der Waals surface area contributed by atoms with Gasteiger partial charge in [-0.05, 0) is 26.0 Å². The lowest BCUT2D eigenvalue weighted by molar-refractivity contribution is 1.27. The van der Waals surface area contributed by atoms with Gasteiger partial charge in [-0.1, -0.05) is 24.2 Å². The van der Waals surface area contributed by atoms with Crippen LogP contribution in [0.2, 0.25) is 6.32 Å². The molecule has 0 aliphatic carbocycles. The van der Waals surface area contributed by atoms with Gasteiger partial charge in [-0.15, -0.1) is 0 Å². The van der Waals surface area contributed by atoms with Gasteiger partial charge in [-0.3, -0.25) is 0 Å². The second kappa shape index (κ2) is 4.01. The first-order valence-corrected chi connectivity index (χ1v) is 5.51. The quantitative estimate of drug-likeness (QED) is 0.705. The van der Waals surface area contributed by atoms with Gasteiger partial charge in [0.05, 0.1) is 0 Å². The van der Waals surface area contributed by atoms with Crippen molar-refractivity contribution in [3.05, 3.63) is 35.9 Å². The van der Waals surface area contributed by atoms with Crippen LogP contribution in [0.25, 0.3) is 0 Å². The van der Waals surface area contributed by atoms with E-state index >= 15 is 0 Å². The number of hydrogen-bond donors (Lipinski definition) is 2. The predicted octanol–water partition coefficient (Wildman–Crippen LogP) is 1.59. The highest BCUT2D eigenvalue weighted by Crippen LogP contribution is 2.02. The van der Waals surface area contributed by atoms with E-state index in [1.807, 2.05) is 12.4 Å². The van der Waals surface area contributed by atoms with Crippen LogP contribution in [-0.4, -0.2) is 16.7 Å². The van der Waals surface area contributed by atoms with Crippen LogP contribution in [0, 0.1) is 13.8 Å². The SMILES string of the molecule is CCB(c1cc[nH]c1C)c1cc[nH]c1C. The topological polar surface area (TPSA) is 31.6 Å². The number of rotatable bonds is 3. The molecule has 0 saturated heterocycles. The minimum absolute atomic E-state index is 0.516. The zero-order chi connectivity index (χ0) is 10.8. The Balaban J connectivity index is 2.41. The molecule has 2 nitrogen and oxygen atoms in total. The summed E-state index contributed by atoms with van der Waals surface area (Å²) in [6.07, 6.45) is 5.18. The minimum atomic E-state index is 0.516. The highest BCUT2D eigenvalue weighted by atomic mass is 14.7. The molecule has 15 heavy (non-hydrogen) atoms. The molecule has 2 rings (SSSR count). The van der Waals surface area contributed by atoms with Crippen LogP contribution in [0.3, 0.4) is 0 Å². The molecule has 2 aromatic heterocycles. The second-order valence-corrected chi connectivity index (χ2v) is 4.08. The maximum atomic E-state index is 3.25. The molecule has 0 fully saturated rings. The molecule has 0 atom stereocenters. The van der Waals surface area contributed by atoms with Crippen LogP contribution in [-0.2, 0) is 0 Å². The standard InChI is InChI=1S/C12H17BN2/c1-4-13(11-5-7-14-9(11)2)12-6-8-15-10(12)3/h5-8,14-15H,4H2,1-3H3. The Labute approximate surface area is 91.2 Å². The molecule has 0 radical (unpaired) electrons. The monoisotopic (exact) mass is 200 g/mol. The van der Waals surface area contributed by atoms with E-state index in [2.05, 4.69) is 42.9 Å². The summed E-state index contributed by atoms with van der Waals surface area (Å²) < 4.78 is 0. The van der Waals surface area contributed by atoms with E-state index in [0.717, 1.165) is 6.32 Å². The Morgan fingerprint density at radius 1 is 1.00 bits per heavy atom. The molecule has 2 heterocycles. The van der Waals surface area contributed by atoms with Crippen molar-refractivity contribution in [2.75, 3.05) is 0 Å². The fourth-order valence-electron chi connectivity index (χ4n) is 2.29. The number of aromatic nitrogens is 2. The van der Waals surface area contributed by atoms with Crippen LogP contribution in [0.1, 0.15) is 18.3 Å². The number of H-pyrrole nitrogens is 2. The lowest BCUT2D eigenvalue weighted by Crippen LogP contribution is -2.42. The third-order valence-electron chi connectivity index (χ3n) is 3.15. The van der Waals surface area contributed by atoms with Crippen molar-refractivity contribution >= 4 is 17.6 Å². The molecular weight excluding hydrogens is 183 g/mol. The van der Waals surface area contributed by atoms with Gasteiger partial charge < -0.3 is 9.97 Å². The van der Waals surface area contributed by atoms with Crippen molar-refractivity contribution in [2.24, 2.45) is 0 Å². The lowest BCUT2D eigenvalue weighted by atomic mass is 9.39. The molecule has 0 aliphatic rings. The first-order valence-electron chi connectivity index (χ1n) is 5.51. The van der Waals surface area contributed by atoms with Crippen molar-refractivity contribution < 1.29 is 0 Å². The first-order chi connectivity index (χ1) is 7.24. The van der Waals surface area contributed by atoms with Gasteiger partial charge in [-0.2, -0.15) is 0 Å². The molecule has 3 heteroatoms. The third-order valence-corrected chi connectivity index (χ3v) is 3.15. The lowest BCUT2D eigenvalue weighted by Gasteiger charge is -2.11. The van der Waals surface area contributed by atoms with Crippen molar-refractivity contribution in [1.82, 2.24) is 9.97 Å². The summed E-state index contributed by atoms with van der Waals surface area (Å²) in [5, 5.41) is 0. The van der Waals surface area contributed by atoms with Gasteiger partial charge in [0.1, 0.15) is 0 Å². The summed E-state index contributed by atoms with van der Waals surface area (Å²) in [4.78, 5) is 6.51.